The van der Waals surface area contributed by atoms with Gasteiger partial charge in [0.25, 0.3) is 0 Å². The first-order valence-electron chi connectivity index (χ1n) is 7.44. The van der Waals surface area contributed by atoms with Crippen molar-refractivity contribution in [2.45, 2.75) is 45.2 Å². The zero-order valence-electron chi connectivity index (χ0n) is 12.0. The molecular weight excluding hydrogens is 256 g/mol. The molecule has 1 aromatic rings. The van der Waals surface area contributed by atoms with E-state index in [0.29, 0.717) is 12.1 Å². The topological polar surface area (TPSA) is 15.3 Å². The fourth-order valence-electron chi connectivity index (χ4n) is 2.93. The van der Waals surface area contributed by atoms with E-state index in [1.54, 1.807) is 0 Å². The van der Waals surface area contributed by atoms with Crippen LogP contribution >= 0.6 is 11.6 Å². The van der Waals surface area contributed by atoms with E-state index in [2.05, 4.69) is 36.2 Å². The molecule has 1 aliphatic rings. The quantitative estimate of drug-likeness (QED) is 0.881. The van der Waals surface area contributed by atoms with Crippen molar-refractivity contribution >= 4 is 11.6 Å². The lowest BCUT2D eigenvalue weighted by Crippen LogP contribution is -2.44. The lowest BCUT2D eigenvalue weighted by Gasteiger charge is -2.34. The van der Waals surface area contributed by atoms with E-state index < -0.39 is 0 Å². The summed E-state index contributed by atoms with van der Waals surface area (Å²) < 4.78 is 0. The van der Waals surface area contributed by atoms with Crippen LogP contribution in [0.25, 0.3) is 0 Å². The van der Waals surface area contributed by atoms with E-state index in [-0.39, 0.29) is 0 Å². The van der Waals surface area contributed by atoms with Crippen LogP contribution in [-0.2, 0) is 0 Å². The fraction of sp³-hybridized carbons (Fsp3) is 0.625. The molecule has 1 N–H and O–H groups in total. The van der Waals surface area contributed by atoms with Crippen LogP contribution in [0.1, 0.15) is 44.7 Å². The monoisotopic (exact) mass is 280 g/mol. The van der Waals surface area contributed by atoms with E-state index in [9.17, 15) is 0 Å². The number of nitrogens with zero attached hydrogens (tertiary/aromatic N) is 1. The van der Waals surface area contributed by atoms with Crippen molar-refractivity contribution in [3.05, 3.63) is 34.9 Å². The Morgan fingerprint density at radius 2 is 2.16 bits per heavy atom. The highest BCUT2D eigenvalue weighted by atomic mass is 35.5. The lowest BCUT2D eigenvalue weighted by molar-refractivity contribution is 0.184. The molecule has 0 saturated carbocycles. The predicted molar refractivity (Wildman–Crippen MR) is 82.8 cm³/mol. The second-order valence-electron chi connectivity index (χ2n) is 5.43. The van der Waals surface area contributed by atoms with Crippen LogP contribution in [0.3, 0.4) is 0 Å². The molecule has 2 atom stereocenters. The highest BCUT2D eigenvalue weighted by Gasteiger charge is 2.21. The maximum atomic E-state index is 6.32. The van der Waals surface area contributed by atoms with Crippen molar-refractivity contribution in [1.82, 2.24) is 10.2 Å². The van der Waals surface area contributed by atoms with Crippen molar-refractivity contribution in [1.29, 1.82) is 0 Å². The molecule has 0 spiro atoms. The van der Waals surface area contributed by atoms with Gasteiger partial charge in [-0.25, -0.2) is 0 Å². The summed E-state index contributed by atoms with van der Waals surface area (Å²) in [4.78, 5) is 2.52. The van der Waals surface area contributed by atoms with Gasteiger partial charge in [-0.05, 0) is 44.5 Å². The van der Waals surface area contributed by atoms with E-state index >= 15 is 0 Å². The fourth-order valence-corrected chi connectivity index (χ4v) is 3.23. The molecule has 0 amide bonds. The molecule has 2 unspecified atom stereocenters. The molecule has 0 aromatic heterocycles. The minimum absolute atomic E-state index is 0.377. The highest BCUT2D eigenvalue weighted by molar-refractivity contribution is 6.31. The lowest BCUT2D eigenvalue weighted by atomic mass is 10.0. The van der Waals surface area contributed by atoms with E-state index in [4.69, 9.17) is 11.6 Å². The Morgan fingerprint density at radius 3 is 2.79 bits per heavy atom. The van der Waals surface area contributed by atoms with Gasteiger partial charge in [0.15, 0.2) is 0 Å². The standard InChI is InChI=1S/C16H25ClN2/c1-3-19(12-14-8-6-7-11-18-14)13(2)15-9-4-5-10-16(15)17/h4-5,9-10,13-14,18H,3,6-8,11-12H2,1-2H3. The van der Waals surface area contributed by atoms with Crippen LogP contribution in [0.15, 0.2) is 24.3 Å². The number of likely N-dealkylation sites (N-methyl/N-ethyl adjacent to an activating group) is 1. The zero-order valence-corrected chi connectivity index (χ0v) is 12.8. The highest BCUT2D eigenvalue weighted by Crippen LogP contribution is 2.27. The Kier molecular flexibility index (Phi) is 5.68. The van der Waals surface area contributed by atoms with Crippen LogP contribution in [-0.4, -0.2) is 30.6 Å². The number of benzene rings is 1. The smallest absolute Gasteiger partial charge is 0.0453 e. The first kappa shape index (κ1) is 14.8. The molecule has 0 aliphatic carbocycles. The molecule has 1 aliphatic heterocycles. The van der Waals surface area contributed by atoms with Crippen LogP contribution in [0.5, 0.6) is 0 Å². The van der Waals surface area contributed by atoms with Gasteiger partial charge in [-0.2, -0.15) is 0 Å². The molecular formula is C16H25ClN2. The Hall–Kier alpha value is -0.570. The summed E-state index contributed by atoms with van der Waals surface area (Å²) in [5.74, 6) is 0. The molecule has 106 valence electrons. The Balaban J connectivity index is 2.02. The number of nitrogens with one attached hydrogen (secondary N) is 1. The minimum atomic E-state index is 0.377. The third kappa shape index (κ3) is 3.95. The number of halogens is 1. The largest absolute Gasteiger partial charge is 0.313 e. The Bertz CT molecular complexity index is 388. The summed E-state index contributed by atoms with van der Waals surface area (Å²) in [5, 5.41) is 4.51. The third-order valence-corrected chi connectivity index (χ3v) is 4.52. The second kappa shape index (κ2) is 7.28. The van der Waals surface area contributed by atoms with Gasteiger partial charge in [0.2, 0.25) is 0 Å². The molecule has 19 heavy (non-hydrogen) atoms. The van der Waals surface area contributed by atoms with E-state index in [1.807, 2.05) is 12.1 Å². The molecule has 1 heterocycles. The molecule has 2 nitrogen and oxygen atoms in total. The van der Waals surface area contributed by atoms with Gasteiger partial charge in [0.05, 0.1) is 0 Å². The molecule has 2 rings (SSSR count). The first-order valence-corrected chi connectivity index (χ1v) is 7.82. The number of piperidine rings is 1. The second-order valence-corrected chi connectivity index (χ2v) is 5.84. The predicted octanol–water partition coefficient (Wildman–Crippen LogP) is 3.87. The third-order valence-electron chi connectivity index (χ3n) is 4.18. The number of hydrogen-bond donors (Lipinski definition) is 1. The Morgan fingerprint density at radius 1 is 1.37 bits per heavy atom. The maximum absolute atomic E-state index is 6.32. The van der Waals surface area contributed by atoms with Crippen molar-refractivity contribution in [3.8, 4) is 0 Å². The number of hydrogen-bond acceptors (Lipinski definition) is 2. The summed E-state index contributed by atoms with van der Waals surface area (Å²) in [7, 11) is 0. The van der Waals surface area contributed by atoms with Gasteiger partial charge >= 0.3 is 0 Å². The zero-order chi connectivity index (χ0) is 13.7. The van der Waals surface area contributed by atoms with E-state index in [1.165, 1.54) is 31.4 Å². The molecule has 3 heteroatoms. The summed E-state index contributed by atoms with van der Waals surface area (Å²) in [6.07, 6.45) is 3.98. The van der Waals surface area contributed by atoms with Crippen LogP contribution < -0.4 is 5.32 Å². The number of rotatable bonds is 5. The van der Waals surface area contributed by atoms with E-state index in [0.717, 1.165) is 18.1 Å². The molecule has 0 bridgehead atoms. The van der Waals surface area contributed by atoms with Gasteiger partial charge in [0.1, 0.15) is 0 Å². The molecule has 1 aromatic carbocycles. The average molecular weight is 281 g/mol. The summed E-state index contributed by atoms with van der Waals surface area (Å²) in [5.41, 5.74) is 1.24. The van der Waals surface area contributed by atoms with Crippen LogP contribution in [0.4, 0.5) is 0 Å². The van der Waals surface area contributed by atoms with Crippen molar-refractivity contribution in [3.63, 3.8) is 0 Å². The van der Waals surface area contributed by atoms with Crippen LogP contribution in [0.2, 0.25) is 5.02 Å². The maximum Gasteiger partial charge on any atom is 0.0453 e. The van der Waals surface area contributed by atoms with Gasteiger partial charge in [-0.1, -0.05) is 43.1 Å². The van der Waals surface area contributed by atoms with Gasteiger partial charge in [-0.3, -0.25) is 4.90 Å². The summed E-state index contributed by atoms with van der Waals surface area (Å²) in [6.45, 7) is 7.83. The molecule has 1 fully saturated rings. The molecule has 1 saturated heterocycles. The van der Waals surface area contributed by atoms with Crippen molar-refractivity contribution in [2.75, 3.05) is 19.6 Å². The van der Waals surface area contributed by atoms with Gasteiger partial charge < -0.3 is 5.32 Å². The average Bonchev–Trinajstić information content (AvgIpc) is 2.46. The summed E-state index contributed by atoms with van der Waals surface area (Å²) in [6, 6.07) is 9.22. The van der Waals surface area contributed by atoms with Crippen molar-refractivity contribution < 1.29 is 0 Å². The van der Waals surface area contributed by atoms with Crippen LogP contribution in [0, 0.1) is 0 Å². The Labute approximate surface area is 122 Å². The molecule has 0 radical (unpaired) electrons. The van der Waals surface area contributed by atoms with Gasteiger partial charge in [0, 0.05) is 23.7 Å². The minimum Gasteiger partial charge on any atom is -0.313 e. The van der Waals surface area contributed by atoms with Crippen molar-refractivity contribution in [2.24, 2.45) is 0 Å². The first-order chi connectivity index (χ1) is 9.22. The van der Waals surface area contributed by atoms with Gasteiger partial charge in [-0.15, -0.1) is 0 Å². The summed E-state index contributed by atoms with van der Waals surface area (Å²) >= 11 is 6.32. The normalized spacial score (nSPS) is 21.6. The SMILES string of the molecule is CCN(CC1CCCCN1)C(C)c1ccccc1Cl.